The molecule has 0 bridgehead atoms. The third kappa shape index (κ3) is 3.21. The molecular formula is C18H26N2O3. The number of aromatic nitrogens is 1. The third-order valence-corrected chi connectivity index (χ3v) is 5.06. The van der Waals surface area contributed by atoms with Crippen LogP contribution in [0.3, 0.4) is 0 Å². The predicted molar refractivity (Wildman–Crippen MR) is 88.4 cm³/mol. The number of aryl methyl sites for hydroxylation is 1. The zero-order valence-electron chi connectivity index (χ0n) is 13.9. The zero-order chi connectivity index (χ0) is 16.3. The molecule has 2 saturated heterocycles. The minimum Gasteiger partial charge on any atom is -0.377 e. The number of amides is 1. The summed E-state index contributed by atoms with van der Waals surface area (Å²) in [6.07, 6.45) is 6.83. The summed E-state index contributed by atoms with van der Waals surface area (Å²) in [5.41, 5.74) is 0.655. The van der Waals surface area contributed by atoms with E-state index in [4.69, 9.17) is 9.47 Å². The Kier molecular flexibility index (Phi) is 4.87. The largest absolute Gasteiger partial charge is 0.377 e. The highest BCUT2D eigenvalue weighted by molar-refractivity contribution is 5.92. The third-order valence-electron chi connectivity index (χ3n) is 5.06. The van der Waals surface area contributed by atoms with Crippen LogP contribution < -0.4 is 0 Å². The molecule has 1 aromatic heterocycles. The van der Waals surface area contributed by atoms with Gasteiger partial charge >= 0.3 is 0 Å². The van der Waals surface area contributed by atoms with E-state index in [0.717, 1.165) is 38.1 Å². The number of likely N-dealkylation sites (tertiary alicyclic amines) is 1. The average molecular weight is 318 g/mol. The predicted octanol–water partition coefficient (Wildman–Crippen LogP) is 2.24. The lowest BCUT2D eigenvalue weighted by molar-refractivity contribution is -0.144. The van der Waals surface area contributed by atoms with Crippen LogP contribution in [0.15, 0.2) is 31.0 Å². The summed E-state index contributed by atoms with van der Waals surface area (Å²) in [6.45, 7) is 7.15. The summed E-state index contributed by atoms with van der Waals surface area (Å²) in [5.74, 6) is 0.101. The van der Waals surface area contributed by atoms with Gasteiger partial charge in [-0.25, -0.2) is 0 Å². The molecule has 3 rings (SSSR count). The van der Waals surface area contributed by atoms with Crippen LogP contribution in [0.2, 0.25) is 0 Å². The van der Waals surface area contributed by atoms with Gasteiger partial charge in [0.2, 0.25) is 0 Å². The van der Waals surface area contributed by atoms with Gasteiger partial charge in [0.1, 0.15) is 5.69 Å². The Morgan fingerprint density at radius 2 is 2.48 bits per heavy atom. The minimum atomic E-state index is -0.0830. The first-order chi connectivity index (χ1) is 11.2. The van der Waals surface area contributed by atoms with Gasteiger partial charge < -0.3 is 18.9 Å². The van der Waals surface area contributed by atoms with E-state index in [0.29, 0.717) is 19.8 Å². The lowest BCUT2D eigenvalue weighted by Gasteiger charge is -2.50. The Morgan fingerprint density at radius 1 is 1.61 bits per heavy atom. The number of rotatable bonds is 5. The first-order valence-corrected chi connectivity index (χ1v) is 8.37. The maximum Gasteiger partial charge on any atom is 0.270 e. The fraction of sp³-hybridized carbons (Fsp3) is 0.611. The Balaban J connectivity index is 1.76. The van der Waals surface area contributed by atoms with E-state index < -0.39 is 0 Å². The fourth-order valence-electron chi connectivity index (χ4n) is 3.87. The maximum atomic E-state index is 12.8. The van der Waals surface area contributed by atoms with Crippen LogP contribution in [-0.4, -0.2) is 54.4 Å². The molecule has 2 atom stereocenters. The molecule has 0 N–H and O–H groups in total. The summed E-state index contributed by atoms with van der Waals surface area (Å²) in [6, 6.07) is 3.79. The summed E-state index contributed by atoms with van der Waals surface area (Å²) in [4.78, 5) is 14.8. The van der Waals surface area contributed by atoms with Crippen molar-refractivity contribution in [2.75, 3.05) is 32.9 Å². The minimum absolute atomic E-state index is 0.0830. The molecule has 3 heterocycles. The van der Waals surface area contributed by atoms with Gasteiger partial charge in [0, 0.05) is 38.4 Å². The topological polar surface area (TPSA) is 43.7 Å². The highest BCUT2D eigenvalue weighted by Gasteiger charge is 2.47. The van der Waals surface area contributed by atoms with E-state index in [1.807, 2.05) is 34.8 Å². The summed E-state index contributed by atoms with van der Waals surface area (Å²) in [7, 11) is 1.91. The van der Waals surface area contributed by atoms with Gasteiger partial charge in [0.25, 0.3) is 5.91 Å². The summed E-state index contributed by atoms with van der Waals surface area (Å²) in [5, 5.41) is 0. The van der Waals surface area contributed by atoms with E-state index in [1.165, 1.54) is 0 Å². The molecule has 0 unspecified atom stereocenters. The monoisotopic (exact) mass is 318 g/mol. The zero-order valence-corrected chi connectivity index (χ0v) is 13.9. The molecule has 5 heteroatoms. The summed E-state index contributed by atoms with van der Waals surface area (Å²) < 4.78 is 13.7. The number of piperidine rings is 1. The molecule has 0 saturated carbocycles. The van der Waals surface area contributed by atoms with Crippen LogP contribution in [0, 0.1) is 5.41 Å². The second-order valence-electron chi connectivity index (χ2n) is 6.65. The van der Waals surface area contributed by atoms with Gasteiger partial charge in [-0.2, -0.15) is 0 Å². The second-order valence-corrected chi connectivity index (χ2v) is 6.65. The van der Waals surface area contributed by atoms with Gasteiger partial charge in [-0.15, -0.1) is 6.58 Å². The lowest BCUT2D eigenvalue weighted by Crippen LogP contribution is -2.58. The molecule has 2 aliphatic rings. The summed E-state index contributed by atoms with van der Waals surface area (Å²) >= 11 is 0. The molecule has 126 valence electrons. The quantitative estimate of drug-likeness (QED) is 0.618. The number of hydrogen-bond donors (Lipinski definition) is 0. The van der Waals surface area contributed by atoms with E-state index in [9.17, 15) is 4.79 Å². The highest BCUT2D eigenvalue weighted by Crippen LogP contribution is 2.40. The van der Waals surface area contributed by atoms with Gasteiger partial charge in [-0.05, 0) is 31.4 Å². The van der Waals surface area contributed by atoms with Crippen LogP contribution in [0.4, 0.5) is 0 Å². The van der Waals surface area contributed by atoms with Gasteiger partial charge in [-0.1, -0.05) is 6.08 Å². The van der Waals surface area contributed by atoms with Crippen molar-refractivity contribution in [3.8, 4) is 0 Å². The molecule has 2 aliphatic heterocycles. The molecular weight excluding hydrogens is 292 g/mol. The van der Waals surface area contributed by atoms with Crippen LogP contribution in [0.1, 0.15) is 29.8 Å². The number of hydrogen-bond acceptors (Lipinski definition) is 3. The fourth-order valence-corrected chi connectivity index (χ4v) is 3.87. The number of fused-ring (bicyclic) bond motifs is 1. The Morgan fingerprint density at radius 3 is 3.22 bits per heavy atom. The standard InChI is InChI=1S/C18H26N2O3/c1-3-11-22-14-18-8-5-12-23-16(18)7-10-20(13-18)17(21)15-6-4-9-19(15)2/h3-4,6,9,16H,1,5,7-8,10-14H2,2H3/t16-,18+/m1/s1. The van der Waals surface area contributed by atoms with Crippen molar-refractivity contribution in [2.45, 2.75) is 25.4 Å². The van der Waals surface area contributed by atoms with Gasteiger partial charge in [-0.3, -0.25) is 4.79 Å². The normalized spacial score (nSPS) is 27.5. The molecule has 0 spiro atoms. The van der Waals surface area contributed by atoms with Crippen molar-refractivity contribution in [3.05, 3.63) is 36.7 Å². The van der Waals surface area contributed by atoms with Crippen molar-refractivity contribution in [1.82, 2.24) is 9.47 Å². The highest BCUT2D eigenvalue weighted by atomic mass is 16.5. The molecule has 0 radical (unpaired) electrons. The second kappa shape index (κ2) is 6.89. The number of carbonyl (C=O) groups excluding carboxylic acids is 1. The van der Waals surface area contributed by atoms with Gasteiger partial charge in [0.15, 0.2) is 0 Å². The molecule has 1 amide bonds. The SMILES string of the molecule is C=CCOC[C@@]12CCCO[C@@H]1CCN(C(=O)c1cccn1C)C2. The maximum absolute atomic E-state index is 12.8. The number of ether oxygens (including phenoxy) is 2. The van der Waals surface area contributed by atoms with Crippen molar-refractivity contribution in [3.63, 3.8) is 0 Å². The van der Waals surface area contributed by atoms with Crippen molar-refractivity contribution in [1.29, 1.82) is 0 Å². The van der Waals surface area contributed by atoms with Crippen LogP contribution >= 0.6 is 0 Å². The van der Waals surface area contributed by atoms with Crippen molar-refractivity contribution in [2.24, 2.45) is 12.5 Å². The number of nitrogens with zero attached hydrogens (tertiary/aromatic N) is 2. The molecule has 0 aliphatic carbocycles. The molecule has 5 nitrogen and oxygen atoms in total. The smallest absolute Gasteiger partial charge is 0.270 e. The van der Waals surface area contributed by atoms with Gasteiger partial charge in [0.05, 0.1) is 19.3 Å². The number of carbonyl (C=O) groups is 1. The van der Waals surface area contributed by atoms with Crippen LogP contribution in [0.5, 0.6) is 0 Å². The Labute approximate surface area is 137 Å². The first kappa shape index (κ1) is 16.3. The lowest BCUT2D eigenvalue weighted by atomic mass is 9.73. The molecule has 0 aromatic carbocycles. The van der Waals surface area contributed by atoms with Crippen molar-refractivity contribution < 1.29 is 14.3 Å². The van der Waals surface area contributed by atoms with Crippen LogP contribution in [0.25, 0.3) is 0 Å². The molecule has 2 fully saturated rings. The first-order valence-electron chi connectivity index (χ1n) is 8.37. The Bertz CT molecular complexity index is 568. The molecule has 1 aromatic rings. The Hall–Kier alpha value is -1.59. The van der Waals surface area contributed by atoms with Crippen LogP contribution in [-0.2, 0) is 16.5 Å². The van der Waals surface area contributed by atoms with Crippen molar-refractivity contribution >= 4 is 5.91 Å². The van der Waals surface area contributed by atoms with E-state index >= 15 is 0 Å². The molecule has 23 heavy (non-hydrogen) atoms. The van der Waals surface area contributed by atoms with E-state index in [1.54, 1.807) is 6.08 Å². The van der Waals surface area contributed by atoms with E-state index in [-0.39, 0.29) is 17.4 Å². The van der Waals surface area contributed by atoms with E-state index in [2.05, 4.69) is 6.58 Å². The average Bonchev–Trinajstić information content (AvgIpc) is 3.00.